The molecule has 0 spiro atoms. The van der Waals surface area contributed by atoms with Gasteiger partial charge in [0.1, 0.15) is 0 Å². The largest absolute Gasteiger partial charge is 0.469 e. The third kappa shape index (κ3) is 8.09. The predicted molar refractivity (Wildman–Crippen MR) is 63.4 cm³/mol. The third-order valence-corrected chi connectivity index (χ3v) is 1.68. The highest BCUT2D eigenvalue weighted by atomic mass is 16.5. The summed E-state index contributed by atoms with van der Waals surface area (Å²) in [5.74, 6) is -0.0579. The molecule has 0 unspecified atom stereocenters. The zero-order chi connectivity index (χ0) is 12.2. The van der Waals surface area contributed by atoms with Gasteiger partial charge < -0.3 is 4.74 Å². The van der Waals surface area contributed by atoms with Crippen LogP contribution in [0.5, 0.6) is 0 Å². The van der Waals surface area contributed by atoms with E-state index in [1.165, 1.54) is 7.11 Å². The van der Waals surface area contributed by atoms with Crippen molar-refractivity contribution in [3.8, 4) is 0 Å². The average Bonchev–Trinajstić information content (AvgIpc) is 3.05. The van der Waals surface area contributed by atoms with E-state index < -0.39 is 0 Å². The quantitative estimate of drug-likeness (QED) is 0.603. The fourth-order valence-electron chi connectivity index (χ4n) is 0.638. The van der Waals surface area contributed by atoms with E-state index in [-0.39, 0.29) is 11.4 Å². The summed E-state index contributed by atoms with van der Waals surface area (Å²) in [7, 11) is 1.44. The number of carbonyl (C=O) groups is 1. The van der Waals surface area contributed by atoms with Crippen molar-refractivity contribution in [2.45, 2.75) is 61.3 Å². The summed E-state index contributed by atoms with van der Waals surface area (Å²) in [5.41, 5.74) is -0.102. The average molecular weight is 204 g/mol. The summed E-state index contributed by atoms with van der Waals surface area (Å²) in [6.45, 7) is 13.9. The molecule has 0 aliphatic heterocycles. The van der Waals surface area contributed by atoms with Crippen LogP contribution in [0, 0.1) is 5.41 Å². The second kappa shape index (κ2) is 12.5. The molecule has 0 bridgehead atoms. The van der Waals surface area contributed by atoms with Crippen molar-refractivity contribution in [2.75, 3.05) is 7.11 Å². The summed E-state index contributed by atoms with van der Waals surface area (Å²) in [6, 6.07) is 0. The minimum atomic E-state index is -0.102. The number of esters is 1. The number of hydrogen-bond donors (Lipinski definition) is 0. The Morgan fingerprint density at radius 2 is 1.29 bits per heavy atom. The smallest absolute Gasteiger partial charge is 0.311 e. The molecule has 1 rings (SSSR count). The lowest BCUT2D eigenvalue weighted by molar-refractivity contribution is -0.146. The van der Waals surface area contributed by atoms with Gasteiger partial charge in [0.05, 0.1) is 12.5 Å². The van der Waals surface area contributed by atoms with Crippen molar-refractivity contribution < 1.29 is 9.53 Å². The van der Waals surface area contributed by atoms with Crippen LogP contribution in [0.3, 0.4) is 0 Å². The Morgan fingerprint density at radius 1 is 1.00 bits per heavy atom. The second-order valence-corrected chi connectivity index (χ2v) is 2.55. The van der Waals surface area contributed by atoms with E-state index in [1.54, 1.807) is 0 Å². The fourth-order valence-corrected chi connectivity index (χ4v) is 0.638. The Balaban J connectivity index is -0.000000174. The summed E-state index contributed by atoms with van der Waals surface area (Å²) < 4.78 is 4.54. The summed E-state index contributed by atoms with van der Waals surface area (Å²) in [4.78, 5) is 10.7. The topological polar surface area (TPSA) is 26.3 Å². The van der Waals surface area contributed by atoms with E-state index in [0.29, 0.717) is 0 Å². The van der Waals surface area contributed by atoms with E-state index in [1.807, 2.05) is 48.5 Å². The molecule has 1 aliphatic rings. The minimum absolute atomic E-state index is 0.0579. The van der Waals surface area contributed by atoms with Crippen LogP contribution >= 0.6 is 0 Å². The van der Waals surface area contributed by atoms with Gasteiger partial charge in [0.25, 0.3) is 0 Å². The van der Waals surface area contributed by atoms with Crippen LogP contribution in [0.4, 0.5) is 0 Å². The highest BCUT2D eigenvalue weighted by molar-refractivity contribution is 5.79. The molecule has 0 saturated heterocycles. The molecule has 0 aromatic rings. The zero-order valence-corrected chi connectivity index (χ0v) is 11.2. The number of hydrogen-bond acceptors (Lipinski definition) is 2. The summed E-state index contributed by atoms with van der Waals surface area (Å²) >= 11 is 0. The van der Waals surface area contributed by atoms with Crippen LogP contribution in [0.2, 0.25) is 0 Å². The molecule has 0 N–H and O–H groups in total. The maximum absolute atomic E-state index is 10.7. The van der Waals surface area contributed by atoms with Gasteiger partial charge in [-0.3, -0.25) is 4.79 Å². The molecular weight excluding hydrogens is 176 g/mol. The third-order valence-electron chi connectivity index (χ3n) is 1.68. The van der Waals surface area contributed by atoms with Gasteiger partial charge in [0, 0.05) is 0 Å². The maximum Gasteiger partial charge on any atom is 0.311 e. The SMILES string of the molecule is CC.CC.CC.COC(=O)C1(C)CC1. The summed E-state index contributed by atoms with van der Waals surface area (Å²) in [6.07, 6.45) is 2.00. The van der Waals surface area contributed by atoms with Gasteiger partial charge in [-0.25, -0.2) is 0 Å². The van der Waals surface area contributed by atoms with Gasteiger partial charge in [0.15, 0.2) is 0 Å². The van der Waals surface area contributed by atoms with Gasteiger partial charge in [-0.05, 0) is 19.8 Å². The Hall–Kier alpha value is -0.530. The Bertz CT molecular complexity index is 115. The van der Waals surface area contributed by atoms with Crippen LogP contribution in [0.25, 0.3) is 0 Å². The molecule has 88 valence electrons. The first-order valence-electron chi connectivity index (χ1n) is 5.77. The first kappa shape index (κ1) is 19.1. The van der Waals surface area contributed by atoms with Gasteiger partial charge in [-0.2, -0.15) is 0 Å². The molecule has 0 radical (unpaired) electrons. The van der Waals surface area contributed by atoms with Crippen molar-refractivity contribution in [1.82, 2.24) is 0 Å². The minimum Gasteiger partial charge on any atom is -0.469 e. The lowest BCUT2D eigenvalue weighted by atomic mass is 10.1. The molecule has 0 atom stereocenters. The van der Waals surface area contributed by atoms with Gasteiger partial charge in [-0.1, -0.05) is 41.5 Å². The van der Waals surface area contributed by atoms with E-state index in [9.17, 15) is 4.79 Å². The highest BCUT2D eigenvalue weighted by Crippen LogP contribution is 2.45. The molecule has 0 heterocycles. The Labute approximate surface area is 90.0 Å². The van der Waals surface area contributed by atoms with Crippen LogP contribution in [-0.4, -0.2) is 13.1 Å². The van der Waals surface area contributed by atoms with Crippen molar-refractivity contribution in [3.05, 3.63) is 0 Å². The molecule has 1 aliphatic carbocycles. The first-order chi connectivity index (χ1) is 6.69. The standard InChI is InChI=1S/C6H10O2.3C2H6/c1-6(3-4-6)5(7)8-2;3*1-2/h3-4H2,1-2H3;3*1-2H3. The van der Waals surface area contributed by atoms with Crippen molar-refractivity contribution in [1.29, 1.82) is 0 Å². The van der Waals surface area contributed by atoms with Gasteiger partial charge >= 0.3 is 5.97 Å². The Morgan fingerprint density at radius 3 is 1.36 bits per heavy atom. The molecule has 0 aromatic carbocycles. The second-order valence-electron chi connectivity index (χ2n) is 2.55. The van der Waals surface area contributed by atoms with Crippen molar-refractivity contribution >= 4 is 5.97 Å². The predicted octanol–water partition coefficient (Wildman–Crippen LogP) is 4.04. The Kier molecular flexibility index (Phi) is 17.0. The zero-order valence-electron chi connectivity index (χ0n) is 11.2. The lowest BCUT2D eigenvalue weighted by Gasteiger charge is -2.01. The van der Waals surface area contributed by atoms with E-state index in [2.05, 4.69) is 4.74 Å². The van der Waals surface area contributed by atoms with Crippen LogP contribution in [0.15, 0.2) is 0 Å². The molecule has 0 amide bonds. The monoisotopic (exact) mass is 204 g/mol. The fraction of sp³-hybridized carbons (Fsp3) is 0.917. The van der Waals surface area contributed by atoms with Crippen molar-refractivity contribution in [2.24, 2.45) is 5.41 Å². The number of ether oxygens (including phenoxy) is 1. The molecule has 0 aromatic heterocycles. The number of rotatable bonds is 1. The molecule has 1 saturated carbocycles. The first-order valence-corrected chi connectivity index (χ1v) is 5.77. The van der Waals surface area contributed by atoms with Crippen molar-refractivity contribution in [3.63, 3.8) is 0 Å². The van der Waals surface area contributed by atoms with Gasteiger partial charge in [-0.15, -0.1) is 0 Å². The van der Waals surface area contributed by atoms with E-state index in [4.69, 9.17) is 0 Å². The van der Waals surface area contributed by atoms with Gasteiger partial charge in [0.2, 0.25) is 0 Å². The molecule has 14 heavy (non-hydrogen) atoms. The van der Waals surface area contributed by atoms with Crippen LogP contribution < -0.4 is 0 Å². The molecule has 1 fully saturated rings. The summed E-state index contributed by atoms with van der Waals surface area (Å²) in [5, 5.41) is 0. The van der Waals surface area contributed by atoms with Crippen LogP contribution in [-0.2, 0) is 9.53 Å². The number of carbonyl (C=O) groups excluding carboxylic acids is 1. The normalized spacial score (nSPS) is 14.0. The lowest BCUT2D eigenvalue weighted by Crippen LogP contribution is -2.12. The molecule has 2 heteroatoms. The molecular formula is C12H28O2. The van der Waals surface area contributed by atoms with E-state index >= 15 is 0 Å². The maximum atomic E-state index is 10.7. The number of methoxy groups -OCH3 is 1. The van der Waals surface area contributed by atoms with Crippen LogP contribution in [0.1, 0.15) is 61.3 Å². The highest BCUT2D eigenvalue weighted by Gasteiger charge is 2.45. The molecule has 2 nitrogen and oxygen atoms in total. The van der Waals surface area contributed by atoms with E-state index in [0.717, 1.165) is 12.8 Å².